The zero-order valence-corrected chi connectivity index (χ0v) is 13.0. The van der Waals surface area contributed by atoms with Crippen LogP contribution in [0.3, 0.4) is 0 Å². The van der Waals surface area contributed by atoms with Gasteiger partial charge in [0.25, 0.3) is 10.2 Å². The van der Waals surface area contributed by atoms with E-state index < -0.39 is 22.2 Å². The molecule has 1 heterocycles. The number of nitrogens with zero attached hydrogens (tertiary/aromatic N) is 1. The lowest BCUT2D eigenvalue weighted by Gasteiger charge is -2.25. The van der Waals surface area contributed by atoms with E-state index in [4.69, 9.17) is 10.5 Å². The first-order valence-corrected chi connectivity index (χ1v) is 8.56. The summed E-state index contributed by atoms with van der Waals surface area (Å²) in [4.78, 5) is 11.8. The Balaban J connectivity index is 2.77. The van der Waals surface area contributed by atoms with E-state index in [0.717, 1.165) is 6.42 Å². The van der Waals surface area contributed by atoms with Crippen molar-refractivity contribution in [2.45, 2.75) is 51.6 Å². The number of nitrogens with two attached hydrogens (primary N) is 1. The van der Waals surface area contributed by atoms with Crippen LogP contribution in [0.4, 0.5) is 0 Å². The van der Waals surface area contributed by atoms with Gasteiger partial charge < -0.3 is 10.5 Å². The molecule has 0 bridgehead atoms. The molecule has 0 amide bonds. The largest absolute Gasteiger partial charge is 0.465 e. The van der Waals surface area contributed by atoms with Crippen LogP contribution in [-0.4, -0.2) is 50.5 Å². The van der Waals surface area contributed by atoms with Crippen LogP contribution in [0.2, 0.25) is 0 Å². The van der Waals surface area contributed by atoms with Gasteiger partial charge in [0.15, 0.2) is 0 Å². The molecule has 0 aromatic carbocycles. The third-order valence-corrected chi connectivity index (χ3v) is 4.99. The molecule has 0 aliphatic carbocycles. The Kier molecular flexibility index (Phi) is 6.87. The van der Waals surface area contributed by atoms with Gasteiger partial charge in [0, 0.05) is 19.1 Å². The molecule has 1 aliphatic heterocycles. The van der Waals surface area contributed by atoms with E-state index in [-0.39, 0.29) is 19.2 Å². The average molecular weight is 307 g/mol. The maximum Gasteiger partial charge on any atom is 0.324 e. The standard InChI is InChI=1S/C12H25N3O4S/c1-3-6-10(9-13)14-20(17,18)15-8-5-7-11(15)12(16)19-4-2/h10-11,14H,3-9,13H2,1-2H3. The molecule has 1 fully saturated rings. The average Bonchev–Trinajstić information content (AvgIpc) is 2.88. The molecular weight excluding hydrogens is 282 g/mol. The predicted molar refractivity (Wildman–Crippen MR) is 76.2 cm³/mol. The van der Waals surface area contributed by atoms with E-state index in [1.807, 2.05) is 6.92 Å². The summed E-state index contributed by atoms with van der Waals surface area (Å²) in [6.07, 6.45) is 2.67. The number of carbonyl (C=O) groups is 1. The highest BCUT2D eigenvalue weighted by molar-refractivity contribution is 7.87. The lowest BCUT2D eigenvalue weighted by Crippen LogP contribution is -2.51. The quantitative estimate of drug-likeness (QED) is 0.613. The molecule has 0 radical (unpaired) electrons. The smallest absolute Gasteiger partial charge is 0.324 e. The minimum Gasteiger partial charge on any atom is -0.465 e. The number of hydrogen-bond donors (Lipinski definition) is 2. The van der Waals surface area contributed by atoms with Gasteiger partial charge in [-0.3, -0.25) is 4.79 Å². The molecular formula is C12H25N3O4S. The third-order valence-electron chi connectivity index (χ3n) is 3.31. The van der Waals surface area contributed by atoms with Crippen LogP contribution in [0.5, 0.6) is 0 Å². The fraction of sp³-hybridized carbons (Fsp3) is 0.917. The molecule has 3 N–H and O–H groups in total. The Bertz CT molecular complexity index is 413. The van der Waals surface area contributed by atoms with Crippen molar-refractivity contribution >= 4 is 16.2 Å². The van der Waals surface area contributed by atoms with Crippen LogP contribution >= 0.6 is 0 Å². The fourth-order valence-corrected chi connectivity index (χ4v) is 4.02. The number of carbonyl (C=O) groups excluding carboxylic acids is 1. The summed E-state index contributed by atoms with van der Waals surface area (Å²) >= 11 is 0. The number of ether oxygens (including phenoxy) is 1. The van der Waals surface area contributed by atoms with Crippen molar-refractivity contribution in [1.82, 2.24) is 9.03 Å². The van der Waals surface area contributed by atoms with Gasteiger partial charge >= 0.3 is 5.97 Å². The van der Waals surface area contributed by atoms with Crippen molar-refractivity contribution < 1.29 is 17.9 Å². The fourth-order valence-electron chi connectivity index (χ4n) is 2.35. The summed E-state index contributed by atoms with van der Waals surface area (Å²) < 4.78 is 33.4. The van der Waals surface area contributed by atoms with Gasteiger partial charge in [-0.05, 0) is 26.2 Å². The highest BCUT2D eigenvalue weighted by atomic mass is 32.2. The highest BCUT2D eigenvalue weighted by Gasteiger charge is 2.40. The number of nitrogens with one attached hydrogen (secondary N) is 1. The number of rotatable bonds is 8. The first-order chi connectivity index (χ1) is 9.46. The van der Waals surface area contributed by atoms with E-state index in [2.05, 4.69) is 4.72 Å². The summed E-state index contributed by atoms with van der Waals surface area (Å²) in [5.41, 5.74) is 5.57. The SMILES string of the molecule is CCCC(CN)NS(=O)(=O)N1CCCC1C(=O)OCC. The maximum atomic E-state index is 12.3. The lowest BCUT2D eigenvalue weighted by molar-refractivity contribution is -0.146. The molecule has 0 saturated carbocycles. The molecule has 1 aliphatic rings. The first kappa shape index (κ1) is 17.4. The molecule has 118 valence electrons. The highest BCUT2D eigenvalue weighted by Crippen LogP contribution is 2.21. The van der Waals surface area contributed by atoms with Crippen molar-refractivity contribution in [3.05, 3.63) is 0 Å². The third kappa shape index (κ3) is 4.41. The van der Waals surface area contributed by atoms with Crippen molar-refractivity contribution in [3.8, 4) is 0 Å². The molecule has 2 atom stereocenters. The van der Waals surface area contributed by atoms with Crippen molar-refractivity contribution in [2.75, 3.05) is 19.7 Å². The molecule has 2 unspecified atom stereocenters. The zero-order chi connectivity index (χ0) is 15.2. The van der Waals surface area contributed by atoms with Crippen molar-refractivity contribution in [3.63, 3.8) is 0 Å². The van der Waals surface area contributed by atoms with Gasteiger partial charge in [-0.1, -0.05) is 13.3 Å². The second kappa shape index (κ2) is 7.92. The molecule has 7 nitrogen and oxygen atoms in total. The van der Waals surface area contributed by atoms with Crippen molar-refractivity contribution in [2.24, 2.45) is 5.73 Å². The van der Waals surface area contributed by atoms with Crippen LogP contribution in [0.15, 0.2) is 0 Å². The Hall–Kier alpha value is -0.700. The second-order valence-corrected chi connectivity index (χ2v) is 6.52. The maximum absolute atomic E-state index is 12.3. The topological polar surface area (TPSA) is 102 Å². The summed E-state index contributed by atoms with van der Waals surface area (Å²) in [7, 11) is -3.70. The molecule has 0 spiro atoms. The van der Waals surface area contributed by atoms with E-state index in [0.29, 0.717) is 25.8 Å². The molecule has 1 saturated heterocycles. The van der Waals surface area contributed by atoms with E-state index >= 15 is 0 Å². The van der Waals surface area contributed by atoms with Gasteiger partial charge in [-0.25, -0.2) is 0 Å². The van der Waals surface area contributed by atoms with Crippen LogP contribution in [0, 0.1) is 0 Å². The molecule has 0 aromatic rings. The Morgan fingerprint density at radius 3 is 2.75 bits per heavy atom. The summed E-state index contributed by atoms with van der Waals surface area (Å²) in [5.74, 6) is -0.477. The van der Waals surface area contributed by atoms with Crippen molar-refractivity contribution in [1.29, 1.82) is 0 Å². The Morgan fingerprint density at radius 1 is 1.50 bits per heavy atom. The van der Waals surface area contributed by atoms with E-state index in [9.17, 15) is 13.2 Å². The van der Waals surface area contributed by atoms with Gasteiger partial charge in [0.2, 0.25) is 0 Å². The van der Waals surface area contributed by atoms with Gasteiger partial charge in [0.1, 0.15) is 6.04 Å². The lowest BCUT2D eigenvalue weighted by atomic mass is 10.2. The Labute approximate surface area is 121 Å². The summed E-state index contributed by atoms with van der Waals surface area (Å²) in [6, 6.07) is -1.01. The zero-order valence-electron chi connectivity index (χ0n) is 12.2. The first-order valence-electron chi connectivity index (χ1n) is 7.12. The predicted octanol–water partition coefficient (Wildman–Crippen LogP) is -0.0243. The minimum absolute atomic E-state index is 0.241. The van der Waals surface area contributed by atoms with Gasteiger partial charge in [-0.2, -0.15) is 17.4 Å². The monoisotopic (exact) mass is 307 g/mol. The molecule has 0 aromatic heterocycles. The summed E-state index contributed by atoms with van der Waals surface area (Å²) in [5, 5.41) is 0. The molecule has 8 heteroatoms. The molecule has 20 heavy (non-hydrogen) atoms. The normalized spacial score (nSPS) is 21.9. The van der Waals surface area contributed by atoms with Gasteiger partial charge in [-0.15, -0.1) is 0 Å². The Morgan fingerprint density at radius 2 is 2.20 bits per heavy atom. The van der Waals surface area contributed by atoms with E-state index in [1.165, 1.54) is 4.31 Å². The van der Waals surface area contributed by atoms with Crippen LogP contribution in [0.1, 0.15) is 39.5 Å². The van der Waals surface area contributed by atoms with Crippen LogP contribution < -0.4 is 10.5 Å². The summed E-state index contributed by atoms with van der Waals surface area (Å²) in [6.45, 7) is 4.50. The van der Waals surface area contributed by atoms with E-state index in [1.54, 1.807) is 6.92 Å². The second-order valence-electron chi connectivity index (χ2n) is 4.86. The van der Waals surface area contributed by atoms with Gasteiger partial charge in [0.05, 0.1) is 6.61 Å². The number of esters is 1. The minimum atomic E-state index is -3.70. The molecule has 1 rings (SSSR count). The van der Waals surface area contributed by atoms with Crippen LogP contribution in [0.25, 0.3) is 0 Å². The van der Waals surface area contributed by atoms with Crippen LogP contribution in [-0.2, 0) is 19.7 Å². The number of hydrogen-bond acceptors (Lipinski definition) is 5.